The molecule has 6 nitrogen and oxygen atoms in total. The van der Waals surface area contributed by atoms with Gasteiger partial charge in [0.25, 0.3) is 11.8 Å². The Hall–Kier alpha value is -2.57. The Balaban J connectivity index is 1.94. The summed E-state index contributed by atoms with van der Waals surface area (Å²) < 4.78 is 5.65. The fraction of sp³-hybridized carbons (Fsp3) is 0.118. The minimum absolute atomic E-state index is 0.152. The largest absolute Gasteiger partial charge is 0.457 e. The highest BCUT2D eigenvalue weighted by molar-refractivity contribution is 6.36. The molecule has 0 saturated carbocycles. The number of nitrogens with one attached hydrogen (secondary N) is 1. The number of hydrogen-bond acceptors (Lipinski definition) is 4. The van der Waals surface area contributed by atoms with E-state index in [1.54, 1.807) is 37.3 Å². The lowest BCUT2D eigenvalue weighted by atomic mass is 10.1. The van der Waals surface area contributed by atoms with Crippen LogP contribution >= 0.6 is 23.2 Å². The number of halogens is 2. The van der Waals surface area contributed by atoms with Crippen LogP contribution in [0, 0.1) is 0 Å². The van der Waals surface area contributed by atoms with E-state index in [9.17, 15) is 14.4 Å². The number of hydrogen-bond donors (Lipinski definition) is 1. The van der Waals surface area contributed by atoms with Crippen LogP contribution in [0.5, 0.6) is 0 Å². The Labute approximate surface area is 153 Å². The van der Waals surface area contributed by atoms with Crippen LogP contribution in [-0.2, 0) is 9.59 Å². The second-order valence-corrected chi connectivity index (χ2v) is 6.04. The molecule has 1 aromatic heterocycles. The molecule has 2 heterocycles. The fourth-order valence-electron chi connectivity index (χ4n) is 2.39. The number of urea groups is 1. The van der Waals surface area contributed by atoms with Gasteiger partial charge in [0, 0.05) is 17.1 Å². The van der Waals surface area contributed by atoms with E-state index in [0.29, 0.717) is 21.4 Å². The van der Waals surface area contributed by atoms with Gasteiger partial charge in [0.2, 0.25) is 0 Å². The number of nitrogens with zero attached hydrogens (tertiary/aromatic N) is 1. The van der Waals surface area contributed by atoms with Gasteiger partial charge in [-0.3, -0.25) is 19.8 Å². The highest BCUT2D eigenvalue weighted by Crippen LogP contribution is 2.32. The van der Waals surface area contributed by atoms with Crippen LogP contribution in [0.2, 0.25) is 10.0 Å². The molecule has 3 rings (SSSR count). The van der Waals surface area contributed by atoms with Crippen LogP contribution in [0.3, 0.4) is 0 Å². The van der Waals surface area contributed by atoms with Gasteiger partial charge >= 0.3 is 6.03 Å². The van der Waals surface area contributed by atoms with Crippen LogP contribution in [0.25, 0.3) is 17.4 Å². The molecule has 1 aliphatic heterocycles. The number of benzene rings is 1. The molecule has 0 aliphatic carbocycles. The zero-order valence-corrected chi connectivity index (χ0v) is 14.5. The molecule has 1 aromatic carbocycles. The Morgan fingerprint density at radius 3 is 2.60 bits per heavy atom. The molecule has 0 atom stereocenters. The van der Waals surface area contributed by atoms with Crippen molar-refractivity contribution in [3.05, 3.63) is 51.7 Å². The molecular weight excluding hydrogens is 367 g/mol. The van der Waals surface area contributed by atoms with Gasteiger partial charge in [0.05, 0.1) is 5.02 Å². The number of rotatable bonds is 3. The lowest BCUT2D eigenvalue weighted by Gasteiger charge is -2.24. The summed E-state index contributed by atoms with van der Waals surface area (Å²) in [5.74, 6) is -0.688. The van der Waals surface area contributed by atoms with Crippen molar-refractivity contribution in [2.45, 2.75) is 6.92 Å². The Morgan fingerprint density at radius 1 is 1.16 bits per heavy atom. The molecule has 2 aromatic rings. The minimum Gasteiger partial charge on any atom is -0.457 e. The van der Waals surface area contributed by atoms with Crippen molar-refractivity contribution in [1.82, 2.24) is 10.2 Å². The first-order valence-corrected chi connectivity index (χ1v) is 8.10. The van der Waals surface area contributed by atoms with Crippen LogP contribution in [0.1, 0.15) is 12.7 Å². The Kier molecular flexibility index (Phi) is 4.65. The van der Waals surface area contributed by atoms with Crippen molar-refractivity contribution in [2.24, 2.45) is 0 Å². The van der Waals surface area contributed by atoms with Gasteiger partial charge in [-0.25, -0.2) is 4.79 Å². The summed E-state index contributed by atoms with van der Waals surface area (Å²) >= 11 is 12.0. The fourth-order valence-corrected chi connectivity index (χ4v) is 2.89. The molecule has 1 N–H and O–H groups in total. The quantitative estimate of drug-likeness (QED) is 0.651. The molecule has 25 heavy (non-hydrogen) atoms. The van der Waals surface area contributed by atoms with E-state index >= 15 is 0 Å². The second-order valence-electron chi connectivity index (χ2n) is 5.19. The van der Waals surface area contributed by atoms with Gasteiger partial charge in [-0.2, -0.15) is 0 Å². The van der Waals surface area contributed by atoms with Gasteiger partial charge in [-0.1, -0.05) is 23.2 Å². The van der Waals surface area contributed by atoms with E-state index in [2.05, 4.69) is 5.32 Å². The molecule has 4 amide bonds. The van der Waals surface area contributed by atoms with Crippen LogP contribution in [0.4, 0.5) is 4.79 Å². The lowest BCUT2D eigenvalue weighted by molar-refractivity contribution is -0.129. The molecule has 8 heteroatoms. The van der Waals surface area contributed by atoms with Crippen molar-refractivity contribution in [2.75, 3.05) is 6.54 Å². The van der Waals surface area contributed by atoms with Crippen molar-refractivity contribution in [3.8, 4) is 11.3 Å². The number of imide groups is 2. The summed E-state index contributed by atoms with van der Waals surface area (Å²) in [5, 5.41) is 3.03. The molecule has 0 bridgehead atoms. The second kappa shape index (κ2) is 6.74. The van der Waals surface area contributed by atoms with Crippen molar-refractivity contribution < 1.29 is 18.8 Å². The third-order valence-corrected chi connectivity index (χ3v) is 4.16. The van der Waals surface area contributed by atoms with Gasteiger partial charge in [-0.05, 0) is 43.3 Å². The SMILES string of the molecule is CCN1C(=O)NC(=O)C(=Cc2ccc(-c3ccc(Cl)cc3Cl)o2)C1=O. The summed E-state index contributed by atoms with van der Waals surface area (Å²) in [6.07, 6.45) is 1.29. The van der Waals surface area contributed by atoms with Gasteiger partial charge in [0.15, 0.2) is 0 Å². The number of likely N-dealkylation sites (N-methyl/N-ethyl adjacent to an activating group) is 1. The number of barbiturate groups is 1. The normalized spacial score (nSPS) is 16.5. The Bertz CT molecular complexity index is 917. The molecule has 0 spiro atoms. The molecule has 0 unspecified atom stereocenters. The number of carbonyl (C=O) groups is 3. The van der Waals surface area contributed by atoms with Crippen LogP contribution in [0.15, 0.2) is 40.3 Å². The Morgan fingerprint density at radius 2 is 1.92 bits per heavy atom. The number of carbonyl (C=O) groups excluding carboxylic acids is 3. The van der Waals surface area contributed by atoms with E-state index in [-0.39, 0.29) is 17.9 Å². The molecule has 128 valence electrons. The smallest absolute Gasteiger partial charge is 0.331 e. The summed E-state index contributed by atoms with van der Waals surface area (Å²) in [5.41, 5.74) is 0.449. The maximum Gasteiger partial charge on any atom is 0.331 e. The summed E-state index contributed by atoms with van der Waals surface area (Å²) in [7, 11) is 0. The first-order valence-electron chi connectivity index (χ1n) is 7.35. The van der Waals surface area contributed by atoms with Crippen LogP contribution in [-0.4, -0.2) is 29.3 Å². The highest BCUT2D eigenvalue weighted by atomic mass is 35.5. The molecule has 1 saturated heterocycles. The third kappa shape index (κ3) is 3.31. The third-order valence-electron chi connectivity index (χ3n) is 3.61. The molecule has 1 aliphatic rings. The average molecular weight is 379 g/mol. The predicted octanol–water partition coefficient (Wildman–Crippen LogP) is 3.74. The maximum absolute atomic E-state index is 12.2. The highest BCUT2D eigenvalue weighted by Gasteiger charge is 2.34. The first-order chi connectivity index (χ1) is 11.9. The molecular formula is C17H12Cl2N2O4. The monoisotopic (exact) mass is 378 g/mol. The molecule has 0 radical (unpaired) electrons. The summed E-state index contributed by atoms with van der Waals surface area (Å²) in [4.78, 5) is 36.7. The van der Waals surface area contributed by atoms with Gasteiger partial charge in [-0.15, -0.1) is 0 Å². The zero-order chi connectivity index (χ0) is 18.1. The topological polar surface area (TPSA) is 79.6 Å². The standard InChI is InChI=1S/C17H12Cl2N2O4/c1-2-21-16(23)12(15(22)20-17(21)24)8-10-4-6-14(25-10)11-5-3-9(18)7-13(11)19/h3-8H,2H2,1H3,(H,20,22,24). The van der Waals surface area contributed by atoms with Crippen molar-refractivity contribution in [1.29, 1.82) is 0 Å². The zero-order valence-electron chi connectivity index (χ0n) is 13.0. The average Bonchev–Trinajstić information content (AvgIpc) is 3.00. The summed E-state index contributed by atoms with van der Waals surface area (Å²) in [6, 6.07) is 7.49. The van der Waals surface area contributed by atoms with Gasteiger partial charge < -0.3 is 4.42 Å². The van der Waals surface area contributed by atoms with E-state index in [1.165, 1.54) is 6.08 Å². The van der Waals surface area contributed by atoms with E-state index in [0.717, 1.165) is 4.90 Å². The summed E-state index contributed by atoms with van der Waals surface area (Å²) in [6.45, 7) is 1.79. The van der Waals surface area contributed by atoms with Crippen LogP contribution < -0.4 is 5.32 Å². The van der Waals surface area contributed by atoms with E-state index in [1.807, 2.05) is 0 Å². The minimum atomic E-state index is -0.762. The van der Waals surface area contributed by atoms with Crippen molar-refractivity contribution >= 4 is 47.1 Å². The predicted molar refractivity (Wildman–Crippen MR) is 93.1 cm³/mol. The van der Waals surface area contributed by atoms with E-state index in [4.69, 9.17) is 27.6 Å². The number of furan rings is 1. The first kappa shape index (κ1) is 17.3. The molecule has 1 fully saturated rings. The van der Waals surface area contributed by atoms with Crippen molar-refractivity contribution in [3.63, 3.8) is 0 Å². The lowest BCUT2D eigenvalue weighted by Crippen LogP contribution is -2.53. The van der Waals surface area contributed by atoms with E-state index < -0.39 is 17.8 Å². The number of amides is 4. The maximum atomic E-state index is 12.2. The van der Waals surface area contributed by atoms with Gasteiger partial charge in [0.1, 0.15) is 17.1 Å².